The summed E-state index contributed by atoms with van der Waals surface area (Å²) in [6.45, 7) is 7.83. The molecule has 0 radical (unpaired) electrons. The molecule has 0 fully saturated rings. The van der Waals surface area contributed by atoms with Crippen LogP contribution in [0.2, 0.25) is 0 Å². The number of anilines is 1. The summed E-state index contributed by atoms with van der Waals surface area (Å²) in [5.41, 5.74) is -1.88. The highest BCUT2D eigenvalue weighted by Crippen LogP contribution is 2.52. The monoisotopic (exact) mass is 406 g/mol. The largest absolute Gasteiger partial charge is 0.497 e. The maximum absolute atomic E-state index is 14.8. The van der Waals surface area contributed by atoms with E-state index in [1.807, 2.05) is 20.8 Å². The van der Waals surface area contributed by atoms with Crippen LogP contribution >= 0.6 is 0 Å². The van der Waals surface area contributed by atoms with Crippen molar-refractivity contribution in [3.63, 3.8) is 0 Å². The lowest BCUT2D eigenvalue weighted by Crippen LogP contribution is -2.59. The molecule has 4 nitrogen and oxygen atoms in total. The molecule has 29 heavy (non-hydrogen) atoms. The van der Waals surface area contributed by atoms with Gasteiger partial charge in [0.1, 0.15) is 5.75 Å². The Bertz CT molecular complexity index is 881. The van der Waals surface area contributed by atoms with Crippen molar-refractivity contribution >= 4 is 11.6 Å². The third-order valence-electron chi connectivity index (χ3n) is 6.02. The van der Waals surface area contributed by atoms with Crippen LogP contribution in [0.1, 0.15) is 31.9 Å². The zero-order valence-electron chi connectivity index (χ0n) is 17.2. The number of guanidine groups is 1. The summed E-state index contributed by atoms with van der Waals surface area (Å²) in [5.74, 6) is 0.836. The highest BCUT2D eigenvalue weighted by atomic mass is 19.4. The van der Waals surface area contributed by atoms with E-state index in [9.17, 15) is 13.2 Å². The number of methoxy groups -OCH3 is 1. The van der Waals surface area contributed by atoms with Gasteiger partial charge in [-0.05, 0) is 44.5 Å². The summed E-state index contributed by atoms with van der Waals surface area (Å²) in [4.78, 5) is 4.45. The van der Waals surface area contributed by atoms with Crippen molar-refractivity contribution in [2.24, 2.45) is 4.99 Å². The number of alkyl halides is 3. The van der Waals surface area contributed by atoms with E-state index in [-0.39, 0.29) is 11.1 Å². The van der Waals surface area contributed by atoms with Crippen LogP contribution in [0, 0.1) is 0 Å². The van der Waals surface area contributed by atoms with Gasteiger partial charge in [-0.3, -0.25) is 9.80 Å². The Balaban J connectivity index is 2.36. The third-order valence-corrected chi connectivity index (χ3v) is 6.02. The fourth-order valence-electron chi connectivity index (χ4n) is 4.05. The second-order valence-electron chi connectivity index (χ2n) is 7.14. The number of nitrogens with one attached hydrogen (secondary N) is 1. The lowest BCUT2D eigenvalue weighted by Gasteiger charge is -2.43. The number of quaternary nitrogens is 1. The van der Waals surface area contributed by atoms with E-state index in [1.165, 1.54) is 25.3 Å². The Labute approximate surface area is 169 Å². The first-order chi connectivity index (χ1) is 13.8. The Morgan fingerprint density at radius 1 is 0.966 bits per heavy atom. The third kappa shape index (κ3) is 3.27. The fraction of sp³-hybridized carbons (Fsp3) is 0.409. The van der Waals surface area contributed by atoms with Gasteiger partial charge in [-0.15, -0.1) is 0 Å². The number of hydrogen-bond acceptors (Lipinski definition) is 3. The molecule has 1 aliphatic rings. The van der Waals surface area contributed by atoms with Gasteiger partial charge in [0.2, 0.25) is 5.54 Å². The molecule has 2 aromatic rings. The zero-order valence-corrected chi connectivity index (χ0v) is 17.2. The molecule has 0 amide bonds. The van der Waals surface area contributed by atoms with Crippen molar-refractivity contribution in [1.29, 1.82) is 0 Å². The molecular weight excluding hydrogens is 379 g/mol. The van der Waals surface area contributed by atoms with Gasteiger partial charge in [-0.25, -0.2) is 0 Å². The number of fused-ring (bicyclic) bond motifs is 1. The Morgan fingerprint density at radius 2 is 1.55 bits per heavy atom. The lowest BCUT2D eigenvalue weighted by molar-refractivity contribution is -0.836. The molecule has 2 aromatic carbocycles. The Morgan fingerprint density at radius 3 is 2.07 bits per heavy atom. The van der Waals surface area contributed by atoms with Crippen LogP contribution in [0.4, 0.5) is 18.9 Å². The van der Waals surface area contributed by atoms with Gasteiger partial charge in [0, 0.05) is 5.56 Å². The van der Waals surface area contributed by atoms with Gasteiger partial charge < -0.3 is 4.74 Å². The van der Waals surface area contributed by atoms with E-state index >= 15 is 0 Å². The number of hydrogen-bond donors (Lipinski definition) is 1. The molecule has 1 N–H and O–H groups in total. The first-order valence-electron chi connectivity index (χ1n) is 9.82. The lowest BCUT2D eigenvalue weighted by atomic mass is 9.80. The minimum absolute atomic E-state index is 0.0682. The molecule has 1 heterocycles. The smallest absolute Gasteiger partial charge is 0.422 e. The molecule has 7 heteroatoms. The highest BCUT2D eigenvalue weighted by Gasteiger charge is 2.61. The molecule has 0 aromatic heterocycles. The van der Waals surface area contributed by atoms with Gasteiger partial charge in [-0.1, -0.05) is 30.3 Å². The van der Waals surface area contributed by atoms with Crippen LogP contribution in [-0.4, -0.2) is 43.4 Å². The summed E-state index contributed by atoms with van der Waals surface area (Å²) in [6, 6.07) is 12.5. The predicted molar refractivity (Wildman–Crippen MR) is 109 cm³/mol. The van der Waals surface area contributed by atoms with E-state index in [1.54, 1.807) is 30.3 Å². The molecule has 0 unspecified atom stereocenters. The number of nitrogens with zero attached hydrogens (tertiary/aromatic N) is 2. The van der Waals surface area contributed by atoms with Crippen LogP contribution in [0.5, 0.6) is 5.75 Å². The van der Waals surface area contributed by atoms with E-state index in [0.29, 0.717) is 41.5 Å². The summed E-state index contributed by atoms with van der Waals surface area (Å²) >= 11 is 0. The Kier molecular flexibility index (Phi) is 5.63. The van der Waals surface area contributed by atoms with Crippen molar-refractivity contribution in [2.45, 2.75) is 32.5 Å². The number of ether oxygens (including phenoxy) is 1. The molecule has 1 atom stereocenters. The van der Waals surface area contributed by atoms with E-state index < -0.39 is 11.7 Å². The summed E-state index contributed by atoms with van der Waals surface area (Å²) in [5, 5.41) is 3.21. The molecule has 0 saturated heterocycles. The van der Waals surface area contributed by atoms with Gasteiger partial charge in [0.25, 0.3) is 0 Å². The first-order valence-corrected chi connectivity index (χ1v) is 9.82. The SMILES string of the molecule is CC[N+](CC)(CC)C1=N[C@@](c2ccc(OC)cc2)(C(F)(F)F)c2ccccc2N1. The van der Waals surface area contributed by atoms with Gasteiger partial charge in [0.15, 0.2) is 0 Å². The minimum atomic E-state index is -4.63. The van der Waals surface area contributed by atoms with Crippen molar-refractivity contribution < 1.29 is 22.4 Å². The van der Waals surface area contributed by atoms with Crippen LogP contribution in [0.25, 0.3) is 0 Å². The molecule has 0 aliphatic carbocycles. The molecule has 0 spiro atoms. The van der Waals surface area contributed by atoms with Gasteiger partial charge in [-0.2, -0.15) is 18.2 Å². The number of halogens is 3. The number of benzene rings is 2. The number of para-hydroxylation sites is 1. The predicted octanol–water partition coefficient (Wildman–Crippen LogP) is 5.16. The zero-order chi connectivity index (χ0) is 21.3. The summed E-state index contributed by atoms with van der Waals surface area (Å²) < 4.78 is 50.0. The van der Waals surface area contributed by atoms with Crippen molar-refractivity contribution in [3.8, 4) is 5.75 Å². The average Bonchev–Trinajstić information content (AvgIpc) is 2.74. The van der Waals surface area contributed by atoms with E-state index in [2.05, 4.69) is 10.3 Å². The molecule has 0 bridgehead atoms. The molecule has 0 saturated carbocycles. The van der Waals surface area contributed by atoms with E-state index in [4.69, 9.17) is 4.74 Å². The normalized spacial score (nSPS) is 19.2. The topological polar surface area (TPSA) is 33.6 Å². The average molecular weight is 406 g/mol. The summed E-state index contributed by atoms with van der Waals surface area (Å²) in [6.07, 6.45) is -4.63. The molecule has 3 rings (SSSR count). The fourth-order valence-corrected chi connectivity index (χ4v) is 4.05. The maximum atomic E-state index is 14.8. The minimum Gasteiger partial charge on any atom is -0.497 e. The number of aliphatic imine (C=N–C) groups is 1. The van der Waals surface area contributed by atoms with Gasteiger partial charge in [0.05, 0.1) is 32.4 Å². The Hall–Kier alpha value is -2.54. The van der Waals surface area contributed by atoms with E-state index in [0.717, 1.165) is 0 Å². The quantitative estimate of drug-likeness (QED) is 0.696. The van der Waals surface area contributed by atoms with Crippen LogP contribution in [0.3, 0.4) is 0 Å². The van der Waals surface area contributed by atoms with Crippen molar-refractivity contribution in [3.05, 3.63) is 59.7 Å². The maximum Gasteiger partial charge on any atom is 0.422 e. The molecular formula is C22H27F3N3O+. The highest BCUT2D eigenvalue weighted by molar-refractivity contribution is 5.93. The van der Waals surface area contributed by atoms with Crippen LogP contribution < -0.4 is 10.1 Å². The first kappa shape index (κ1) is 21.2. The number of rotatable bonds is 5. The molecule has 156 valence electrons. The van der Waals surface area contributed by atoms with Crippen LogP contribution in [0.15, 0.2) is 53.5 Å². The standard InChI is InChI=1S/C22H27F3N3O/c1-5-28(6-2,7-3)20-26-19-11-9-8-10-18(19)21(27-20,22(23,24)25)16-12-14-17(29-4)15-13-16/h8-15H,5-7H2,1-4H3,(H,26,27)/q+1/t21-/m1/s1. The van der Waals surface area contributed by atoms with Crippen molar-refractivity contribution in [1.82, 2.24) is 0 Å². The van der Waals surface area contributed by atoms with Crippen LogP contribution in [-0.2, 0) is 5.54 Å². The molecule has 1 aliphatic heterocycles. The van der Waals surface area contributed by atoms with Crippen molar-refractivity contribution in [2.75, 3.05) is 32.1 Å². The second kappa shape index (κ2) is 7.71. The second-order valence-corrected chi connectivity index (χ2v) is 7.14. The summed E-state index contributed by atoms with van der Waals surface area (Å²) in [7, 11) is 1.49. The van der Waals surface area contributed by atoms with Gasteiger partial charge >= 0.3 is 12.1 Å².